The monoisotopic (exact) mass is 311 g/mol. The van der Waals surface area contributed by atoms with E-state index < -0.39 is 11.4 Å². The third kappa shape index (κ3) is 3.37. The Kier molecular flexibility index (Phi) is 4.45. The second kappa shape index (κ2) is 5.93. The van der Waals surface area contributed by atoms with Gasteiger partial charge in [-0.25, -0.2) is 9.37 Å². The van der Waals surface area contributed by atoms with Crippen molar-refractivity contribution in [2.24, 2.45) is 0 Å². The third-order valence-corrected chi connectivity index (χ3v) is 4.92. The van der Waals surface area contributed by atoms with E-state index in [1.54, 1.807) is 25.3 Å². The first kappa shape index (κ1) is 15.0. The number of nitrogens with zero attached hydrogens (tertiary/aromatic N) is 1. The van der Waals surface area contributed by atoms with Crippen LogP contribution in [0.2, 0.25) is 0 Å². The van der Waals surface area contributed by atoms with E-state index in [0.717, 1.165) is 9.90 Å². The number of hydrogen-bond donors (Lipinski definition) is 1. The van der Waals surface area contributed by atoms with Crippen molar-refractivity contribution in [2.45, 2.75) is 29.9 Å². The van der Waals surface area contributed by atoms with Crippen LogP contribution < -0.4 is 0 Å². The molecule has 2 rings (SSSR count). The molecule has 0 aliphatic rings. The minimum Gasteiger partial charge on any atom is -0.481 e. The predicted octanol–water partition coefficient (Wildman–Crippen LogP) is 3.94. The van der Waals surface area contributed by atoms with E-state index in [-0.39, 0.29) is 5.82 Å². The van der Waals surface area contributed by atoms with Gasteiger partial charge in [-0.2, -0.15) is 0 Å². The normalized spacial score (nSPS) is 11.6. The van der Waals surface area contributed by atoms with Crippen molar-refractivity contribution in [3.63, 3.8) is 0 Å². The number of carboxylic acid groups (broad SMARTS) is 1. The van der Waals surface area contributed by atoms with Gasteiger partial charge in [0.2, 0.25) is 0 Å². The summed E-state index contributed by atoms with van der Waals surface area (Å²) in [6.07, 6.45) is 0. The van der Waals surface area contributed by atoms with Crippen molar-refractivity contribution in [3.8, 4) is 0 Å². The number of rotatable bonds is 5. The van der Waals surface area contributed by atoms with E-state index in [2.05, 4.69) is 4.98 Å². The van der Waals surface area contributed by atoms with Crippen LogP contribution in [0, 0.1) is 5.82 Å². The maximum Gasteiger partial charge on any atom is 0.315 e. The van der Waals surface area contributed by atoms with Crippen LogP contribution in [0.25, 0.3) is 0 Å². The zero-order valence-electron chi connectivity index (χ0n) is 11.1. The molecule has 0 aliphatic carbocycles. The van der Waals surface area contributed by atoms with E-state index in [4.69, 9.17) is 5.11 Å². The van der Waals surface area contributed by atoms with Gasteiger partial charge < -0.3 is 5.11 Å². The Hall–Kier alpha value is -1.40. The highest BCUT2D eigenvalue weighted by Gasteiger charge is 2.31. The number of benzene rings is 1. The number of halogens is 1. The van der Waals surface area contributed by atoms with Gasteiger partial charge in [0.1, 0.15) is 16.2 Å². The van der Waals surface area contributed by atoms with Gasteiger partial charge in [-0.15, -0.1) is 23.1 Å². The van der Waals surface area contributed by atoms with Crippen molar-refractivity contribution < 1.29 is 14.3 Å². The molecule has 1 N–H and O–H groups in total. The zero-order chi connectivity index (χ0) is 14.8. The average molecular weight is 311 g/mol. The van der Waals surface area contributed by atoms with E-state index in [1.807, 2.05) is 6.07 Å². The molecular weight excluding hydrogens is 297 g/mol. The maximum absolute atomic E-state index is 13.1. The number of carbonyl (C=O) groups is 1. The smallest absolute Gasteiger partial charge is 0.315 e. The maximum atomic E-state index is 13.1. The topological polar surface area (TPSA) is 50.2 Å². The standard InChI is InChI=1S/C14H14FNO2S2/c1-14(2,13(17)18)11-7-20-12(16-11)8-19-10-5-3-4-9(15)6-10/h3-7H,8H2,1-2H3,(H,17,18). The molecule has 6 heteroatoms. The van der Waals surface area contributed by atoms with Crippen LogP contribution in [0.4, 0.5) is 4.39 Å². The molecular formula is C14H14FNO2S2. The minimum absolute atomic E-state index is 0.262. The van der Waals surface area contributed by atoms with Crippen LogP contribution in [0.5, 0.6) is 0 Å². The second-order valence-electron chi connectivity index (χ2n) is 4.80. The molecule has 0 fully saturated rings. The largest absolute Gasteiger partial charge is 0.481 e. The summed E-state index contributed by atoms with van der Waals surface area (Å²) in [5, 5.41) is 11.8. The summed E-state index contributed by atoms with van der Waals surface area (Å²) in [6.45, 7) is 3.27. The molecule has 2 aromatic rings. The lowest BCUT2D eigenvalue weighted by Crippen LogP contribution is -2.28. The summed E-state index contributed by atoms with van der Waals surface area (Å²) in [4.78, 5) is 16.4. The molecule has 0 saturated heterocycles. The highest BCUT2D eigenvalue weighted by atomic mass is 32.2. The van der Waals surface area contributed by atoms with Crippen LogP contribution in [-0.2, 0) is 16.0 Å². The van der Waals surface area contributed by atoms with Crippen LogP contribution in [-0.4, -0.2) is 16.1 Å². The Labute approximate surface area is 124 Å². The van der Waals surface area contributed by atoms with Crippen molar-refractivity contribution in [2.75, 3.05) is 0 Å². The first-order valence-corrected chi connectivity index (χ1v) is 7.83. The number of carboxylic acids is 1. The lowest BCUT2D eigenvalue weighted by atomic mass is 9.90. The Balaban J connectivity index is 2.05. The second-order valence-corrected chi connectivity index (χ2v) is 6.79. The molecule has 0 radical (unpaired) electrons. The van der Waals surface area contributed by atoms with Gasteiger partial charge in [0, 0.05) is 10.3 Å². The Morgan fingerprint density at radius 1 is 1.50 bits per heavy atom. The van der Waals surface area contributed by atoms with Crippen LogP contribution >= 0.6 is 23.1 Å². The first-order valence-electron chi connectivity index (χ1n) is 5.96. The van der Waals surface area contributed by atoms with Crippen molar-refractivity contribution >= 4 is 29.1 Å². The quantitative estimate of drug-likeness (QED) is 0.850. The van der Waals surface area contributed by atoms with Gasteiger partial charge in [0.15, 0.2) is 0 Å². The van der Waals surface area contributed by atoms with Gasteiger partial charge in [0.05, 0.1) is 11.4 Å². The van der Waals surface area contributed by atoms with Gasteiger partial charge in [-0.05, 0) is 32.0 Å². The molecule has 0 unspecified atom stereocenters. The van der Waals surface area contributed by atoms with Crippen molar-refractivity contribution in [1.82, 2.24) is 4.98 Å². The van der Waals surface area contributed by atoms with E-state index in [9.17, 15) is 9.18 Å². The molecule has 0 spiro atoms. The van der Waals surface area contributed by atoms with Gasteiger partial charge in [0.25, 0.3) is 0 Å². The summed E-state index contributed by atoms with van der Waals surface area (Å²) in [5.41, 5.74) is -0.428. The van der Waals surface area contributed by atoms with E-state index in [1.165, 1.54) is 35.2 Å². The van der Waals surface area contributed by atoms with Gasteiger partial charge in [-0.3, -0.25) is 4.79 Å². The number of aromatic nitrogens is 1. The fraction of sp³-hybridized carbons (Fsp3) is 0.286. The molecule has 0 amide bonds. The molecule has 106 valence electrons. The average Bonchev–Trinajstić information content (AvgIpc) is 2.85. The molecule has 1 aromatic heterocycles. The molecule has 0 bridgehead atoms. The Morgan fingerprint density at radius 3 is 2.90 bits per heavy atom. The highest BCUT2D eigenvalue weighted by molar-refractivity contribution is 7.98. The van der Waals surface area contributed by atoms with Crippen LogP contribution in [0.15, 0.2) is 34.5 Å². The Morgan fingerprint density at radius 2 is 2.25 bits per heavy atom. The van der Waals surface area contributed by atoms with Crippen molar-refractivity contribution in [3.05, 3.63) is 46.2 Å². The first-order chi connectivity index (χ1) is 9.39. The van der Waals surface area contributed by atoms with E-state index in [0.29, 0.717) is 11.4 Å². The Bertz CT molecular complexity index is 625. The number of thiazole rings is 1. The van der Waals surface area contributed by atoms with Gasteiger partial charge >= 0.3 is 5.97 Å². The van der Waals surface area contributed by atoms with Gasteiger partial charge in [-0.1, -0.05) is 6.07 Å². The number of hydrogen-bond acceptors (Lipinski definition) is 4. The molecule has 20 heavy (non-hydrogen) atoms. The fourth-order valence-electron chi connectivity index (χ4n) is 1.48. The minimum atomic E-state index is -0.988. The third-order valence-electron chi connectivity index (χ3n) is 2.89. The summed E-state index contributed by atoms with van der Waals surface area (Å²) in [5.74, 6) is -0.557. The summed E-state index contributed by atoms with van der Waals surface area (Å²) < 4.78 is 13.1. The molecule has 0 aliphatic heterocycles. The molecule has 1 aromatic carbocycles. The molecule has 1 heterocycles. The van der Waals surface area contributed by atoms with Crippen molar-refractivity contribution in [1.29, 1.82) is 0 Å². The predicted molar refractivity (Wildman–Crippen MR) is 78.7 cm³/mol. The summed E-state index contributed by atoms with van der Waals surface area (Å²) in [7, 11) is 0. The molecule has 0 atom stereocenters. The summed E-state index contributed by atoms with van der Waals surface area (Å²) in [6, 6.07) is 6.38. The lowest BCUT2D eigenvalue weighted by molar-refractivity contribution is -0.142. The zero-order valence-corrected chi connectivity index (χ0v) is 12.7. The van der Waals surface area contributed by atoms with E-state index >= 15 is 0 Å². The number of thioether (sulfide) groups is 1. The molecule has 0 saturated carbocycles. The summed E-state index contributed by atoms with van der Waals surface area (Å²) >= 11 is 2.91. The highest BCUT2D eigenvalue weighted by Crippen LogP contribution is 2.29. The molecule has 3 nitrogen and oxygen atoms in total. The van der Waals surface area contributed by atoms with Crippen LogP contribution in [0.1, 0.15) is 24.5 Å². The lowest BCUT2D eigenvalue weighted by Gasteiger charge is -2.15. The number of aliphatic carboxylic acids is 1. The van der Waals surface area contributed by atoms with Crippen LogP contribution in [0.3, 0.4) is 0 Å². The fourth-order valence-corrected chi connectivity index (χ4v) is 3.40. The SMILES string of the molecule is CC(C)(C(=O)O)c1csc(CSc2cccc(F)c2)n1.